The Kier molecular flexibility index (Phi) is 4.64. The minimum absolute atomic E-state index is 0.0580. The van der Waals surface area contributed by atoms with Crippen LogP contribution in [0.3, 0.4) is 0 Å². The molecule has 0 aromatic heterocycles. The van der Waals surface area contributed by atoms with Crippen LogP contribution in [0, 0.1) is 5.82 Å². The van der Waals surface area contributed by atoms with Gasteiger partial charge in [0.05, 0.1) is 0 Å². The van der Waals surface area contributed by atoms with Gasteiger partial charge in [0.15, 0.2) is 0 Å². The number of halogens is 2. The third-order valence-corrected chi connectivity index (χ3v) is 3.92. The number of hydrogen-bond acceptors (Lipinski definition) is 2. The largest absolute Gasteiger partial charge is 0.323 e. The fraction of sp³-hybridized carbons (Fsp3) is 0.143. The molecule has 2 aromatic carbocycles. The van der Waals surface area contributed by atoms with E-state index in [2.05, 4.69) is 0 Å². The molecule has 0 bridgehead atoms. The molecular weight excluding hydrogens is 269 g/mol. The highest BCUT2D eigenvalue weighted by Gasteiger charge is 2.06. The summed E-state index contributed by atoms with van der Waals surface area (Å²) >= 11 is 7.43. The van der Waals surface area contributed by atoms with E-state index in [1.807, 2.05) is 24.3 Å². The Morgan fingerprint density at radius 3 is 2.28 bits per heavy atom. The molecule has 0 aliphatic heterocycles. The van der Waals surface area contributed by atoms with E-state index in [9.17, 15) is 4.39 Å². The Morgan fingerprint density at radius 1 is 1.06 bits per heavy atom. The molecule has 0 heterocycles. The molecule has 18 heavy (non-hydrogen) atoms. The van der Waals surface area contributed by atoms with Crippen molar-refractivity contribution in [1.82, 2.24) is 0 Å². The van der Waals surface area contributed by atoms with Gasteiger partial charge in [-0.3, -0.25) is 0 Å². The van der Waals surface area contributed by atoms with E-state index >= 15 is 0 Å². The van der Waals surface area contributed by atoms with Crippen LogP contribution in [0.1, 0.15) is 11.6 Å². The first-order valence-corrected chi connectivity index (χ1v) is 6.91. The molecule has 0 amide bonds. The molecule has 2 aromatic rings. The molecule has 0 aliphatic rings. The van der Waals surface area contributed by atoms with Crippen LogP contribution in [0.5, 0.6) is 0 Å². The van der Waals surface area contributed by atoms with Crippen molar-refractivity contribution in [1.29, 1.82) is 0 Å². The van der Waals surface area contributed by atoms with Gasteiger partial charge in [-0.25, -0.2) is 4.39 Å². The summed E-state index contributed by atoms with van der Waals surface area (Å²) in [6.45, 7) is 0. The maximum Gasteiger partial charge on any atom is 0.123 e. The van der Waals surface area contributed by atoms with Crippen molar-refractivity contribution in [3.63, 3.8) is 0 Å². The topological polar surface area (TPSA) is 26.0 Å². The van der Waals surface area contributed by atoms with Gasteiger partial charge >= 0.3 is 0 Å². The lowest BCUT2D eigenvalue weighted by atomic mass is 10.1. The molecule has 0 radical (unpaired) electrons. The summed E-state index contributed by atoms with van der Waals surface area (Å²) in [5, 5.41) is 0.706. The van der Waals surface area contributed by atoms with Crippen molar-refractivity contribution >= 4 is 23.4 Å². The highest BCUT2D eigenvalue weighted by Crippen LogP contribution is 2.24. The highest BCUT2D eigenvalue weighted by atomic mass is 35.5. The van der Waals surface area contributed by atoms with E-state index < -0.39 is 0 Å². The molecule has 94 valence electrons. The van der Waals surface area contributed by atoms with Crippen LogP contribution < -0.4 is 5.73 Å². The Bertz CT molecular complexity index is 498. The summed E-state index contributed by atoms with van der Waals surface area (Å²) in [6, 6.07) is 13.9. The van der Waals surface area contributed by atoms with Gasteiger partial charge in [0.1, 0.15) is 5.82 Å². The molecule has 0 saturated heterocycles. The van der Waals surface area contributed by atoms with Gasteiger partial charge in [-0.2, -0.15) is 0 Å². The van der Waals surface area contributed by atoms with Crippen LogP contribution in [-0.4, -0.2) is 5.75 Å². The van der Waals surface area contributed by atoms with Crippen molar-refractivity contribution < 1.29 is 4.39 Å². The van der Waals surface area contributed by atoms with Crippen molar-refractivity contribution in [2.75, 3.05) is 5.75 Å². The van der Waals surface area contributed by atoms with Gasteiger partial charge in [-0.05, 0) is 42.0 Å². The molecular formula is C14H13ClFNS. The van der Waals surface area contributed by atoms with Gasteiger partial charge in [0.25, 0.3) is 0 Å². The molecule has 2 N–H and O–H groups in total. The monoisotopic (exact) mass is 281 g/mol. The summed E-state index contributed by atoms with van der Waals surface area (Å²) in [4.78, 5) is 1.01. The van der Waals surface area contributed by atoms with Crippen molar-refractivity contribution in [2.24, 2.45) is 5.73 Å². The second kappa shape index (κ2) is 6.23. The van der Waals surface area contributed by atoms with E-state index in [-0.39, 0.29) is 11.9 Å². The molecule has 0 fully saturated rings. The fourth-order valence-corrected chi connectivity index (χ4v) is 2.54. The number of rotatable bonds is 4. The van der Waals surface area contributed by atoms with Crippen molar-refractivity contribution in [3.8, 4) is 0 Å². The zero-order valence-electron chi connectivity index (χ0n) is 9.64. The Balaban J connectivity index is 1.93. The van der Waals surface area contributed by atoms with Gasteiger partial charge in [-0.1, -0.05) is 23.7 Å². The fourth-order valence-electron chi connectivity index (χ4n) is 1.52. The van der Waals surface area contributed by atoms with Crippen LogP contribution in [0.4, 0.5) is 4.39 Å². The highest BCUT2D eigenvalue weighted by molar-refractivity contribution is 7.99. The first kappa shape index (κ1) is 13.4. The Hall–Kier alpha value is -1.03. The molecule has 2 rings (SSSR count). The zero-order chi connectivity index (χ0) is 13.0. The SMILES string of the molecule is NC(CSc1ccc(F)cc1)c1ccc(Cl)cc1. The number of benzene rings is 2. The van der Waals surface area contributed by atoms with Crippen LogP contribution in [0.15, 0.2) is 53.4 Å². The second-order valence-corrected chi connectivity index (χ2v) is 5.45. The third-order valence-electron chi connectivity index (χ3n) is 2.54. The number of nitrogens with two attached hydrogens (primary N) is 1. The predicted molar refractivity (Wildman–Crippen MR) is 75.5 cm³/mol. The second-order valence-electron chi connectivity index (χ2n) is 3.92. The van der Waals surface area contributed by atoms with Crippen molar-refractivity contribution in [3.05, 3.63) is 64.9 Å². The number of hydrogen-bond donors (Lipinski definition) is 1. The molecule has 0 aliphatic carbocycles. The van der Waals surface area contributed by atoms with Crippen LogP contribution in [0.25, 0.3) is 0 Å². The minimum Gasteiger partial charge on any atom is -0.323 e. The van der Waals surface area contributed by atoms with Gasteiger partial charge in [0, 0.05) is 21.7 Å². The summed E-state index contributed by atoms with van der Waals surface area (Å²) in [7, 11) is 0. The first-order valence-electron chi connectivity index (χ1n) is 5.54. The zero-order valence-corrected chi connectivity index (χ0v) is 11.2. The molecule has 1 nitrogen and oxygen atoms in total. The lowest BCUT2D eigenvalue weighted by molar-refractivity contribution is 0.626. The van der Waals surface area contributed by atoms with Crippen LogP contribution >= 0.6 is 23.4 Å². The first-order chi connectivity index (χ1) is 8.65. The van der Waals surface area contributed by atoms with E-state index in [0.29, 0.717) is 5.02 Å². The molecule has 0 saturated carbocycles. The van der Waals surface area contributed by atoms with Crippen LogP contribution in [0.2, 0.25) is 5.02 Å². The third kappa shape index (κ3) is 3.73. The Morgan fingerprint density at radius 2 is 1.67 bits per heavy atom. The lowest BCUT2D eigenvalue weighted by Gasteiger charge is -2.11. The predicted octanol–water partition coefficient (Wildman–Crippen LogP) is 4.27. The van der Waals surface area contributed by atoms with Gasteiger partial charge in [-0.15, -0.1) is 11.8 Å². The Labute approximate surface area is 115 Å². The average molecular weight is 282 g/mol. The maximum absolute atomic E-state index is 12.7. The maximum atomic E-state index is 12.7. The smallest absolute Gasteiger partial charge is 0.123 e. The minimum atomic E-state index is -0.221. The summed E-state index contributed by atoms with van der Waals surface area (Å²) < 4.78 is 12.7. The lowest BCUT2D eigenvalue weighted by Crippen LogP contribution is -2.12. The average Bonchev–Trinajstić information content (AvgIpc) is 2.38. The molecule has 4 heteroatoms. The van der Waals surface area contributed by atoms with Gasteiger partial charge in [0.2, 0.25) is 0 Å². The molecule has 1 atom stereocenters. The van der Waals surface area contributed by atoms with E-state index in [4.69, 9.17) is 17.3 Å². The quantitative estimate of drug-likeness (QED) is 0.847. The molecule has 0 spiro atoms. The summed E-state index contributed by atoms with van der Waals surface area (Å²) in [5.41, 5.74) is 7.13. The summed E-state index contributed by atoms with van der Waals surface area (Å²) in [6.07, 6.45) is 0. The van der Waals surface area contributed by atoms with E-state index in [0.717, 1.165) is 16.2 Å². The van der Waals surface area contributed by atoms with E-state index in [1.54, 1.807) is 23.9 Å². The standard InChI is InChI=1S/C14H13ClFNS/c15-11-3-1-10(2-4-11)14(17)9-18-13-7-5-12(16)6-8-13/h1-8,14H,9,17H2. The van der Waals surface area contributed by atoms with Crippen LogP contribution in [-0.2, 0) is 0 Å². The van der Waals surface area contributed by atoms with Crippen molar-refractivity contribution in [2.45, 2.75) is 10.9 Å². The summed E-state index contributed by atoms with van der Waals surface area (Å²) in [5.74, 6) is 0.522. The molecule has 1 unspecified atom stereocenters. The number of thioether (sulfide) groups is 1. The normalized spacial score (nSPS) is 12.4. The van der Waals surface area contributed by atoms with E-state index in [1.165, 1.54) is 12.1 Å². The van der Waals surface area contributed by atoms with Gasteiger partial charge < -0.3 is 5.73 Å².